The summed E-state index contributed by atoms with van der Waals surface area (Å²) >= 11 is 0. The van der Waals surface area contributed by atoms with Crippen LogP contribution in [0.25, 0.3) is 0 Å². The summed E-state index contributed by atoms with van der Waals surface area (Å²) < 4.78 is 0. The van der Waals surface area contributed by atoms with E-state index in [2.05, 4.69) is 5.32 Å². The van der Waals surface area contributed by atoms with Gasteiger partial charge in [0, 0.05) is 11.6 Å². The van der Waals surface area contributed by atoms with E-state index in [-0.39, 0.29) is 11.5 Å². The molecule has 0 saturated heterocycles. The van der Waals surface area contributed by atoms with Crippen molar-refractivity contribution in [3.8, 4) is 0 Å². The Bertz CT molecular complexity index is 352. The van der Waals surface area contributed by atoms with Crippen molar-refractivity contribution >= 4 is 17.6 Å². The van der Waals surface area contributed by atoms with Gasteiger partial charge in [0.1, 0.15) is 0 Å². The second-order valence-electron chi connectivity index (χ2n) is 2.60. The Kier molecular flexibility index (Phi) is 2.27. The van der Waals surface area contributed by atoms with Crippen molar-refractivity contribution in [1.29, 1.82) is 0 Å². The molecule has 0 aromatic carbocycles. The Morgan fingerprint density at radius 3 is 2.46 bits per heavy atom. The van der Waals surface area contributed by atoms with E-state index in [9.17, 15) is 14.4 Å². The van der Waals surface area contributed by atoms with Crippen molar-refractivity contribution in [2.75, 3.05) is 0 Å². The molecule has 0 heterocycles. The van der Waals surface area contributed by atoms with Gasteiger partial charge in [-0.1, -0.05) is 0 Å². The quantitative estimate of drug-likeness (QED) is 0.540. The van der Waals surface area contributed by atoms with Gasteiger partial charge in [0.15, 0.2) is 5.78 Å². The molecule has 0 radical (unpaired) electrons. The number of hydrogen-bond donors (Lipinski definition) is 2. The van der Waals surface area contributed by atoms with E-state index in [1.165, 1.54) is 6.92 Å². The lowest BCUT2D eigenvalue weighted by Crippen LogP contribution is -2.33. The Morgan fingerprint density at radius 2 is 1.92 bits per heavy atom. The van der Waals surface area contributed by atoms with Crippen molar-refractivity contribution in [2.24, 2.45) is 5.73 Å². The molecule has 1 aliphatic rings. The summed E-state index contributed by atoms with van der Waals surface area (Å²) in [6.07, 6.45) is 2.22. The summed E-state index contributed by atoms with van der Waals surface area (Å²) in [4.78, 5) is 32.5. The fraction of sp³-hybridized carbons (Fsp3) is 0.125. The number of urea groups is 1. The van der Waals surface area contributed by atoms with Gasteiger partial charge in [0.05, 0.1) is 5.70 Å². The van der Waals surface area contributed by atoms with Gasteiger partial charge in [0.25, 0.3) is 0 Å². The third kappa shape index (κ3) is 2.02. The summed E-state index contributed by atoms with van der Waals surface area (Å²) in [5, 5.41) is 2.07. The lowest BCUT2D eigenvalue weighted by molar-refractivity contribution is -0.115. The van der Waals surface area contributed by atoms with Crippen molar-refractivity contribution in [3.05, 3.63) is 23.4 Å². The zero-order valence-electron chi connectivity index (χ0n) is 6.96. The number of rotatable bonds is 1. The molecular formula is C8H8N2O3. The molecule has 1 rings (SSSR count). The SMILES string of the molecule is CC1=CC(=O)C(NC(N)=O)=CC1=O. The van der Waals surface area contributed by atoms with E-state index in [0.29, 0.717) is 5.57 Å². The minimum atomic E-state index is -0.861. The van der Waals surface area contributed by atoms with Crippen LogP contribution < -0.4 is 11.1 Å². The number of carbonyl (C=O) groups is 3. The highest BCUT2D eigenvalue weighted by Crippen LogP contribution is 2.08. The van der Waals surface area contributed by atoms with Crippen molar-refractivity contribution in [2.45, 2.75) is 6.92 Å². The Labute approximate surface area is 74.3 Å². The van der Waals surface area contributed by atoms with Crippen molar-refractivity contribution in [1.82, 2.24) is 5.32 Å². The Balaban J connectivity index is 2.89. The second kappa shape index (κ2) is 3.22. The van der Waals surface area contributed by atoms with Crippen LogP contribution in [-0.2, 0) is 9.59 Å². The lowest BCUT2D eigenvalue weighted by atomic mass is 10.0. The molecule has 5 heteroatoms. The van der Waals surface area contributed by atoms with Crippen LogP contribution in [0, 0.1) is 0 Å². The lowest BCUT2D eigenvalue weighted by Gasteiger charge is -2.08. The normalized spacial score (nSPS) is 16.4. The van der Waals surface area contributed by atoms with Crippen LogP contribution >= 0.6 is 0 Å². The van der Waals surface area contributed by atoms with Gasteiger partial charge in [-0.15, -0.1) is 0 Å². The van der Waals surface area contributed by atoms with E-state index in [1.54, 1.807) is 0 Å². The maximum absolute atomic E-state index is 11.1. The van der Waals surface area contributed by atoms with E-state index in [0.717, 1.165) is 12.2 Å². The zero-order chi connectivity index (χ0) is 10.0. The summed E-state index contributed by atoms with van der Waals surface area (Å²) in [7, 11) is 0. The predicted octanol–water partition coefficient (Wildman–Crippen LogP) is -0.363. The fourth-order valence-corrected chi connectivity index (χ4v) is 0.892. The van der Waals surface area contributed by atoms with Crippen LogP contribution in [0.15, 0.2) is 23.4 Å². The average Bonchev–Trinajstić information content (AvgIpc) is 1.99. The molecule has 3 N–H and O–H groups in total. The molecule has 1 aliphatic carbocycles. The van der Waals surface area contributed by atoms with E-state index >= 15 is 0 Å². The number of amides is 2. The molecular weight excluding hydrogens is 172 g/mol. The van der Waals surface area contributed by atoms with Crippen LogP contribution in [0.1, 0.15) is 6.92 Å². The number of ketones is 2. The highest BCUT2D eigenvalue weighted by atomic mass is 16.2. The highest BCUT2D eigenvalue weighted by Gasteiger charge is 2.17. The zero-order valence-corrected chi connectivity index (χ0v) is 6.96. The Hall–Kier alpha value is -1.91. The van der Waals surface area contributed by atoms with Crippen LogP contribution in [-0.4, -0.2) is 17.6 Å². The van der Waals surface area contributed by atoms with Crippen molar-refractivity contribution < 1.29 is 14.4 Å². The first-order valence-corrected chi connectivity index (χ1v) is 3.56. The van der Waals surface area contributed by atoms with E-state index in [1.807, 2.05) is 0 Å². The average molecular weight is 180 g/mol. The molecule has 0 atom stereocenters. The molecule has 0 bridgehead atoms. The minimum Gasteiger partial charge on any atom is -0.351 e. The molecule has 13 heavy (non-hydrogen) atoms. The maximum Gasteiger partial charge on any atom is 0.316 e. The third-order valence-corrected chi connectivity index (χ3v) is 1.54. The summed E-state index contributed by atoms with van der Waals surface area (Å²) in [5.74, 6) is -0.723. The van der Waals surface area contributed by atoms with Gasteiger partial charge in [-0.05, 0) is 13.0 Å². The van der Waals surface area contributed by atoms with Crippen LogP contribution in [0.4, 0.5) is 4.79 Å². The molecule has 0 spiro atoms. The molecule has 0 aromatic heterocycles. The largest absolute Gasteiger partial charge is 0.351 e. The standard InChI is InChI=1S/C8H8N2O3/c1-4-2-7(12)5(3-6(4)11)10-8(9)13/h2-3H,1H3,(H3,9,10,13). The maximum atomic E-state index is 11.1. The smallest absolute Gasteiger partial charge is 0.316 e. The minimum absolute atomic E-state index is 0.0805. The van der Waals surface area contributed by atoms with E-state index < -0.39 is 11.8 Å². The van der Waals surface area contributed by atoms with Gasteiger partial charge in [-0.3, -0.25) is 9.59 Å². The first kappa shape index (κ1) is 9.18. The third-order valence-electron chi connectivity index (χ3n) is 1.54. The summed E-state index contributed by atoms with van der Waals surface area (Å²) in [5.41, 5.74) is 5.06. The topological polar surface area (TPSA) is 89.3 Å². The number of nitrogens with two attached hydrogens (primary N) is 1. The molecule has 0 aliphatic heterocycles. The second-order valence-corrected chi connectivity index (χ2v) is 2.60. The van der Waals surface area contributed by atoms with Gasteiger partial charge in [0.2, 0.25) is 5.78 Å². The van der Waals surface area contributed by atoms with Gasteiger partial charge < -0.3 is 11.1 Å². The first-order chi connectivity index (χ1) is 6.00. The molecule has 0 saturated carbocycles. The Morgan fingerprint density at radius 1 is 1.31 bits per heavy atom. The monoisotopic (exact) mass is 180 g/mol. The molecule has 0 fully saturated rings. The molecule has 68 valence electrons. The van der Waals surface area contributed by atoms with Crippen LogP contribution in [0.3, 0.4) is 0 Å². The number of allylic oxidation sites excluding steroid dienone is 3. The van der Waals surface area contributed by atoms with Crippen molar-refractivity contribution in [3.63, 3.8) is 0 Å². The van der Waals surface area contributed by atoms with E-state index in [4.69, 9.17) is 5.73 Å². The fourth-order valence-electron chi connectivity index (χ4n) is 0.892. The number of primary amides is 1. The number of nitrogens with one attached hydrogen (secondary N) is 1. The van der Waals surface area contributed by atoms with Gasteiger partial charge >= 0.3 is 6.03 Å². The summed E-state index contributed by atoms with van der Waals surface area (Å²) in [6.45, 7) is 1.53. The molecule has 0 aromatic rings. The molecule has 2 amide bonds. The summed E-state index contributed by atoms with van der Waals surface area (Å²) in [6, 6.07) is -0.861. The highest BCUT2D eigenvalue weighted by molar-refractivity contribution is 6.20. The number of carbonyl (C=O) groups excluding carboxylic acids is 3. The van der Waals surface area contributed by atoms with Gasteiger partial charge in [-0.2, -0.15) is 0 Å². The number of hydrogen-bond acceptors (Lipinski definition) is 3. The molecule has 5 nitrogen and oxygen atoms in total. The first-order valence-electron chi connectivity index (χ1n) is 3.56. The van der Waals surface area contributed by atoms with Gasteiger partial charge in [-0.25, -0.2) is 4.79 Å². The van der Waals surface area contributed by atoms with Crippen LogP contribution in [0.5, 0.6) is 0 Å². The molecule has 0 unspecified atom stereocenters. The van der Waals surface area contributed by atoms with Crippen LogP contribution in [0.2, 0.25) is 0 Å². The predicted molar refractivity (Wildman–Crippen MR) is 44.6 cm³/mol.